The molecule has 2 N–H and O–H groups in total. The lowest BCUT2D eigenvalue weighted by Gasteiger charge is -2.23. The molecule has 0 amide bonds. The lowest BCUT2D eigenvalue weighted by atomic mass is 9.95. The predicted octanol–water partition coefficient (Wildman–Crippen LogP) is 5.09. The van der Waals surface area contributed by atoms with Gasteiger partial charge in [0.1, 0.15) is 0 Å². The first-order valence-corrected chi connectivity index (χ1v) is 13.1. The summed E-state index contributed by atoms with van der Waals surface area (Å²) in [6.45, 7) is 2.41. The third-order valence-electron chi connectivity index (χ3n) is 7.32. The number of aromatic carboxylic acids is 1. The number of aromatic nitrogens is 6. The fourth-order valence-electron chi connectivity index (χ4n) is 5.46. The monoisotopic (exact) mass is 500 g/mol. The van der Waals surface area contributed by atoms with Gasteiger partial charge in [-0.05, 0) is 52.8 Å². The normalized spacial score (nSPS) is 14.2. The summed E-state index contributed by atoms with van der Waals surface area (Å²) in [6, 6.07) is 15.9. The Hall–Kier alpha value is -4.01. The zero-order valence-corrected chi connectivity index (χ0v) is 21.1. The molecule has 1 aliphatic rings. The highest BCUT2D eigenvalue weighted by Gasteiger charge is 2.29. The van der Waals surface area contributed by atoms with Crippen molar-refractivity contribution in [3.63, 3.8) is 0 Å². The standard InChI is InChI=1S/C28H32N6O3/c1-2-3-13-24-25(27(35)36)34(21-9-5-4-6-10-21)28(37)33(24)18-19-14-16-20(17-15-19)22-11-7-8-12-23(22)26-29-31-32-30-26/h7-8,11-12,14-17,21H,2-6,9-10,13,18H2,1H3,(H,35,36)(H,29,30,31,32). The summed E-state index contributed by atoms with van der Waals surface area (Å²) in [6.07, 6.45) is 7.23. The summed E-state index contributed by atoms with van der Waals surface area (Å²) in [5.41, 5.74) is 4.44. The SMILES string of the molecule is CCCCc1c(C(=O)O)n(C2CCCCC2)c(=O)n1Cc1ccc(-c2ccccc2-c2nnn[nH]2)cc1. The molecular weight excluding hydrogens is 468 g/mol. The quantitative estimate of drug-likeness (QED) is 0.330. The van der Waals surface area contributed by atoms with E-state index in [0.717, 1.165) is 67.2 Å². The largest absolute Gasteiger partial charge is 0.477 e. The highest BCUT2D eigenvalue weighted by Crippen LogP contribution is 2.31. The fraction of sp³-hybridized carbons (Fsp3) is 0.393. The maximum absolute atomic E-state index is 13.7. The lowest BCUT2D eigenvalue weighted by Crippen LogP contribution is -2.30. The second-order valence-corrected chi connectivity index (χ2v) is 9.73. The molecule has 0 radical (unpaired) electrons. The second kappa shape index (κ2) is 10.9. The number of imidazole rings is 1. The first kappa shape index (κ1) is 24.7. The molecule has 2 aromatic carbocycles. The van der Waals surface area contributed by atoms with E-state index in [1.165, 1.54) is 0 Å². The van der Waals surface area contributed by atoms with Crippen molar-refractivity contribution in [2.45, 2.75) is 70.9 Å². The van der Waals surface area contributed by atoms with E-state index in [2.05, 4.69) is 27.5 Å². The molecule has 0 aliphatic heterocycles. The number of benzene rings is 2. The number of unbranched alkanes of at least 4 members (excludes halogenated alkanes) is 1. The van der Waals surface area contributed by atoms with Crippen molar-refractivity contribution in [3.05, 3.63) is 76.0 Å². The number of hydrogen-bond donors (Lipinski definition) is 2. The number of H-pyrrole nitrogens is 1. The van der Waals surface area contributed by atoms with Crippen LogP contribution in [0, 0.1) is 0 Å². The molecule has 1 saturated carbocycles. The van der Waals surface area contributed by atoms with Crippen LogP contribution in [0.15, 0.2) is 53.3 Å². The number of rotatable bonds is 9. The molecule has 192 valence electrons. The Labute approximate surface area is 215 Å². The summed E-state index contributed by atoms with van der Waals surface area (Å²) in [4.78, 5) is 26.1. The highest BCUT2D eigenvalue weighted by atomic mass is 16.4. The number of carboxylic acids is 1. The number of aromatic amines is 1. The topological polar surface area (TPSA) is 119 Å². The van der Waals surface area contributed by atoms with E-state index < -0.39 is 5.97 Å². The number of hydrogen-bond acceptors (Lipinski definition) is 5. The molecule has 1 aliphatic carbocycles. The van der Waals surface area contributed by atoms with Crippen LogP contribution in [0.25, 0.3) is 22.5 Å². The van der Waals surface area contributed by atoms with Gasteiger partial charge in [-0.15, -0.1) is 5.10 Å². The third kappa shape index (κ3) is 4.98. The van der Waals surface area contributed by atoms with E-state index in [9.17, 15) is 14.7 Å². The Morgan fingerprint density at radius 1 is 1.05 bits per heavy atom. The summed E-state index contributed by atoms with van der Waals surface area (Å²) in [5, 5.41) is 24.4. The van der Waals surface area contributed by atoms with Crippen molar-refractivity contribution in [2.24, 2.45) is 0 Å². The average Bonchev–Trinajstić information content (AvgIpc) is 3.56. The Morgan fingerprint density at radius 3 is 2.43 bits per heavy atom. The summed E-state index contributed by atoms with van der Waals surface area (Å²) in [5.74, 6) is -0.418. The van der Waals surface area contributed by atoms with E-state index in [0.29, 0.717) is 24.5 Å². The first-order chi connectivity index (χ1) is 18.1. The van der Waals surface area contributed by atoms with Crippen molar-refractivity contribution in [1.29, 1.82) is 0 Å². The molecule has 9 nitrogen and oxygen atoms in total. The molecule has 0 unspecified atom stereocenters. The molecule has 0 bridgehead atoms. The maximum atomic E-state index is 13.7. The maximum Gasteiger partial charge on any atom is 0.354 e. The Balaban J connectivity index is 1.50. The van der Waals surface area contributed by atoms with Crippen molar-refractivity contribution < 1.29 is 9.90 Å². The van der Waals surface area contributed by atoms with Crippen molar-refractivity contribution >= 4 is 5.97 Å². The molecule has 2 heterocycles. The van der Waals surface area contributed by atoms with E-state index in [1.54, 1.807) is 9.13 Å². The van der Waals surface area contributed by atoms with Crippen molar-refractivity contribution in [2.75, 3.05) is 0 Å². The van der Waals surface area contributed by atoms with Gasteiger partial charge >= 0.3 is 11.7 Å². The second-order valence-electron chi connectivity index (χ2n) is 9.73. The van der Waals surface area contributed by atoms with Gasteiger partial charge in [0.2, 0.25) is 0 Å². The highest BCUT2D eigenvalue weighted by molar-refractivity contribution is 5.87. The van der Waals surface area contributed by atoms with Gasteiger partial charge in [0.15, 0.2) is 11.5 Å². The van der Waals surface area contributed by atoms with Gasteiger partial charge in [-0.1, -0.05) is 81.1 Å². The summed E-state index contributed by atoms with van der Waals surface area (Å²) < 4.78 is 3.28. The van der Waals surface area contributed by atoms with Gasteiger partial charge in [0, 0.05) is 11.6 Å². The van der Waals surface area contributed by atoms with Crippen molar-refractivity contribution in [1.82, 2.24) is 29.8 Å². The molecule has 5 rings (SSSR count). The molecule has 0 atom stereocenters. The first-order valence-electron chi connectivity index (χ1n) is 13.1. The van der Waals surface area contributed by atoms with Crippen LogP contribution in [-0.4, -0.2) is 40.8 Å². The van der Waals surface area contributed by atoms with Crippen LogP contribution in [-0.2, 0) is 13.0 Å². The minimum Gasteiger partial charge on any atom is -0.477 e. The van der Waals surface area contributed by atoms with E-state index >= 15 is 0 Å². The van der Waals surface area contributed by atoms with Crippen molar-refractivity contribution in [3.8, 4) is 22.5 Å². The van der Waals surface area contributed by atoms with Gasteiger partial charge in [0.25, 0.3) is 0 Å². The summed E-state index contributed by atoms with van der Waals surface area (Å²) in [7, 11) is 0. The Bertz CT molecular complexity index is 1410. The minimum atomic E-state index is -1.01. The molecule has 0 saturated heterocycles. The van der Waals surface area contributed by atoms with Crippen LogP contribution in [0.1, 0.15) is 79.7 Å². The van der Waals surface area contributed by atoms with Gasteiger partial charge in [-0.25, -0.2) is 14.7 Å². The van der Waals surface area contributed by atoms with Gasteiger partial charge < -0.3 is 5.11 Å². The van der Waals surface area contributed by atoms with Crippen LogP contribution in [0.3, 0.4) is 0 Å². The van der Waals surface area contributed by atoms with E-state index in [1.807, 2.05) is 48.5 Å². The number of nitrogens with zero attached hydrogens (tertiary/aromatic N) is 5. The lowest BCUT2D eigenvalue weighted by molar-refractivity contribution is 0.0678. The van der Waals surface area contributed by atoms with Crippen LogP contribution in [0.5, 0.6) is 0 Å². The Morgan fingerprint density at radius 2 is 1.78 bits per heavy atom. The molecule has 1 fully saturated rings. The third-order valence-corrected chi connectivity index (χ3v) is 7.32. The number of carboxylic acid groups (broad SMARTS) is 1. The minimum absolute atomic E-state index is 0.0431. The smallest absolute Gasteiger partial charge is 0.354 e. The Kier molecular flexibility index (Phi) is 7.30. The van der Waals surface area contributed by atoms with Crippen LogP contribution in [0.4, 0.5) is 0 Å². The number of nitrogens with one attached hydrogen (secondary N) is 1. The zero-order chi connectivity index (χ0) is 25.8. The molecule has 4 aromatic rings. The molecule has 0 spiro atoms. The predicted molar refractivity (Wildman–Crippen MR) is 141 cm³/mol. The van der Waals surface area contributed by atoms with Crippen LogP contribution < -0.4 is 5.69 Å². The summed E-state index contributed by atoms with van der Waals surface area (Å²) >= 11 is 0. The van der Waals surface area contributed by atoms with Gasteiger partial charge in [-0.3, -0.25) is 9.13 Å². The van der Waals surface area contributed by atoms with E-state index in [-0.39, 0.29) is 17.4 Å². The van der Waals surface area contributed by atoms with Gasteiger partial charge in [0.05, 0.1) is 12.2 Å². The van der Waals surface area contributed by atoms with E-state index in [4.69, 9.17) is 0 Å². The number of carbonyl (C=O) groups is 1. The van der Waals surface area contributed by atoms with Crippen LogP contribution in [0.2, 0.25) is 0 Å². The average molecular weight is 501 g/mol. The molecular formula is C28H32N6O3. The zero-order valence-electron chi connectivity index (χ0n) is 21.1. The molecule has 37 heavy (non-hydrogen) atoms. The fourth-order valence-corrected chi connectivity index (χ4v) is 5.46. The van der Waals surface area contributed by atoms with Crippen LogP contribution >= 0.6 is 0 Å². The van der Waals surface area contributed by atoms with Gasteiger partial charge in [-0.2, -0.15) is 0 Å². The number of tetrazole rings is 1. The molecule has 9 heteroatoms. The molecule has 2 aromatic heterocycles.